The Bertz CT molecular complexity index is 698. The third kappa shape index (κ3) is 4.98. The Kier molecular flexibility index (Phi) is 6.87. The van der Waals surface area contributed by atoms with E-state index in [0.29, 0.717) is 11.7 Å². The average Bonchev–Trinajstić information content (AvgIpc) is 3.02. The van der Waals surface area contributed by atoms with Crippen molar-refractivity contribution in [3.63, 3.8) is 0 Å². The van der Waals surface area contributed by atoms with Gasteiger partial charge in [0.25, 0.3) is 0 Å². The van der Waals surface area contributed by atoms with Crippen LogP contribution in [-0.4, -0.2) is 39.6 Å². The Morgan fingerprint density at radius 1 is 1.24 bits per heavy atom. The van der Waals surface area contributed by atoms with Crippen molar-refractivity contribution in [3.8, 4) is 17.1 Å². The molecule has 0 aliphatic rings. The molecule has 1 aromatic carbocycles. The number of thioether (sulfide) groups is 1. The van der Waals surface area contributed by atoms with Crippen LogP contribution in [0.1, 0.15) is 27.7 Å². The van der Waals surface area contributed by atoms with E-state index in [0.717, 1.165) is 28.8 Å². The predicted molar refractivity (Wildman–Crippen MR) is 101 cm³/mol. The lowest BCUT2D eigenvalue weighted by molar-refractivity contribution is -0.119. The summed E-state index contributed by atoms with van der Waals surface area (Å²) in [5.74, 6) is 2.36. The number of carbonyl (C=O) groups is 1. The molecule has 0 aliphatic heterocycles. The number of aromatic nitrogens is 3. The minimum atomic E-state index is 0.0165. The SMILES string of the molecule is CCn1c(SCC(=O)N[C@H](C)C(C)C)nnc1-c1ccc(OC)cc1. The fourth-order valence-electron chi connectivity index (χ4n) is 2.23. The lowest BCUT2D eigenvalue weighted by Crippen LogP contribution is -2.37. The quantitative estimate of drug-likeness (QED) is 0.730. The van der Waals surface area contributed by atoms with Crippen molar-refractivity contribution in [2.45, 2.75) is 45.4 Å². The van der Waals surface area contributed by atoms with Gasteiger partial charge in [-0.25, -0.2) is 0 Å². The van der Waals surface area contributed by atoms with Crippen molar-refractivity contribution < 1.29 is 9.53 Å². The Labute approximate surface area is 153 Å². The average molecular weight is 362 g/mol. The largest absolute Gasteiger partial charge is 0.497 e. The molecule has 2 rings (SSSR count). The maximum Gasteiger partial charge on any atom is 0.230 e. The third-order valence-electron chi connectivity index (χ3n) is 4.10. The number of nitrogens with zero attached hydrogens (tertiary/aromatic N) is 3. The topological polar surface area (TPSA) is 69.0 Å². The normalized spacial score (nSPS) is 12.2. The molecule has 0 radical (unpaired) electrons. The maximum absolute atomic E-state index is 12.1. The van der Waals surface area contributed by atoms with Crippen LogP contribution in [0.5, 0.6) is 5.75 Å². The smallest absolute Gasteiger partial charge is 0.230 e. The first-order valence-electron chi connectivity index (χ1n) is 8.46. The van der Waals surface area contributed by atoms with Gasteiger partial charge >= 0.3 is 0 Å². The molecule has 6 nitrogen and oxygen atoms in total. The number of hydrogen-bond donors (Lipinski definition) is 1. The van der Waals surface area contributed by atoms with E-state index in [1.54, 1.807) is 7.11 Å². The number of rotatable bonds is 8. The maximum atomic E-state index is 12.1. The summed E-state index contributed by atoms with van der Waals surface area (Å²) in [4.78, 5) is 12.1. The molecule has 0 fully saturated rings. The summed E-state index contributed by atoms with van der Waals surface area (Å²) in [5.41, 5.74) is 0.972. The van der Waals surface area contributed by atoms with Gasteiger partial charge in [0, 0.05) is 18.2 Å². The minimum Gasteiger partial charge on any atom is -0.497 e. The Balaban J connectivity index is 2.07. The Morgan fingerprint density at radius 3 is 2.48 bits per heavy atom. The van der Waals surface area contributed by atoms with E-state index >= 15 is 0 Å². The van der Waals surface area contributed by atoms with Crippen molar-refractivity contribution in [3.05, 3.63) is 24.3 Å². The molecule has 1 N–H and O–H groups in total. The van der Waals surface area contributed by atoms with Crippen LogP contribution in [0.25, 0.3) is 11.4 Å². The van der Waals surface area contributed by atoms with E-state index in [4.69, 9.17) is 4.74 Å². The van der Waals surface area contributed by atoms with Crippen molar-refractivity contribution >= 4 is 17.7 Å². The molecule has 2 aromatic rings. The van der Waals surface area contributed by atoms with E-state index in [1.165, 1.54) is 11.8 Å². The van der Waals surface area contributed by atoms with Crippen molar-refractivity contribution in [1.82, 2.24) is 20.1 Å². The predicted octanol–water partition coefficient (Wildman–Crippen LogP) is 3.23. The number of nitrogens with one attached hydrogen (secondary N) is 1. The second-order valence-corrected chi connectivity index (χ2v) is 7.11. The number of ether oxygens (including phenoxy) is 1. The molecule has 0 spiro atoms. The molecule has 7 heteroatoms. The standard InChI is InChI=1S/C18H26N4O2S/c1-6-22-17(14-7-9-15(24-5)10-8-14)20-21-18(22)25-11-16(23)19-13(4)12(2)3/h7-10,12-13H,6,11H2,1-5H3,(H,19,23)/t13-/m1/s1. The lowest BCUT2D eigenvalue weighted by Gasteiger charge is -2.17. The first kappa shape index (κ1) is 19.3. The summed E-state index contributed by atoms with van der Waals surface area (Å²) < 4.78 is 7.21. The highest BCUT2D eigenvalue weighted by Gasteiger charge is 2.16. The highest BCUT2D eigenvalue weighted by atomic mass is 32.2. The molecule has 0 saturated heterocycles. The fourth-order valence-corrected chi connectivity index (χ4v) is 3.04. The second kappa shape index (κ2) is 8.89. The fraction of sp³-hybridized carbons (Fsp3) is 0.500. The van der Waals surface area contributed by atoms with Crippen LogP contribution < -0.4 is 10.1 Å². The third-order valence-corrected chi connectivity index (χ3v) is 5.07. The van der Waals surface area contributed by atoms with E-state index in [9.17, 15) is 4.79 Å². The minimum absolute atomic E-state index is 0.0165. The summed E-state index contributed by atoms with van der Waals surface area (Å²) in [6.45, 7) is 8.98. The highest BCUT2D eigenvalue weighted by Crippen LogP contribution is 2.25. The molecule has 1 aromatic heterocycles. The van der Waals surface area contributed by atoms with Crippen molar-refractivity contribution in [1.29, 1.82) is 0 Å². The van der Waals surface area contributed by atoms with Crippen LogP contribution in [0.2, 0.25) is 0 Å². The Morgan fingerprint density at radius 2 is 1.92 bits per heavy atom. The molecule has 0 bridgehead atoms. The molecule has 136 valence electrons. The zero-order valence-electron chi connectivity index (χ0n) is 15.4. The van der Waals surface area contributed by atoms with Gasteiger partial charge < -0.3 is 14.6 Å². The van der Waals surface area contributed by atoms with Gasteiger partial charge in [-0.3, -0.25) is 4.79 Å². The number of benzene rings is 1. The highest BCUT2D eigenvalue weighted by molar-refractivity contribution is 7.99. The van der Waals surface area contributed by atoms with E-state index in [1.807, 2.05) is 42.7 Å². The van der Waals surface area contributed by atoms with E-state index in [-0.39, 0.29) is 11.9 Å². The van der Waals surface area contributed by atoms with Crippen molar-refractivity contribution in [2.24, 2.45) is 5.92 Å². The van der Waals surface area contributed by atoms with Crippen LogP contribution in [0, 0.1) is 5.92 Å². The summed E-state index contributed by atoms with van der Waals surface area (Å²) >= 11 is 1.41. The molecule has 0 unspecified atom stereocenters. The van der Waals surface area contributed by atoms with Gasteiger partial charge in [-0.15, -0.1) is 10.2 Å². The van der Waals surface area contributed by atoms with Crippen LogP contribution >= 0.6 is 11.8 Å². The van der Waals surface area contributed by atoms with Gasteiger partial charge in [-0.1, -0.05) is 25.6 Å². The van der Waals surface area contributed by atoms with Crippen LogP contribution in [0.15, 0.2) is 29.4 Å². The number of methoxy groups -OCH3 is 1. The Hall–Kier alpha value is -2.02. The summed E-state index contributed by atoms with van der Waals surface area (Å²) in [6.07, 6.45) is 0. The molecule has 0 saturated carbocycles. The molecule has 0 aliphatic carbocycles. The molecule has 25 heavy (non-hydrogen) atoms. The summed E-state index contributed by atoms with van der Waals surface area (Å²) in [6, 6.07) is 7.88. The van der Waals surface area contributed by atoms with Gasteiger partial charge in [-0.2, -0.15) is 0 Å². The van der Waals surface area contributed by atoms with Gasteiger partial charge in [0.1, 0.15) is 5.75 Å². The zero-order valence-corrected chi connectivity index (χ0v) is 16.3. The van der Waals surface area contributed by atoms with Crippen LogP contribution in [0.4, 0.5) is 0 Å². The second-order valence-electron chi connectivity index (χ2n) is 6.17. The monoisotopic (exact) mass is 362 g/mol. The molecular formula is C18H26N4O2S. The van der Waals surface area contributed by atoms with Gasteiger partial charge in [0.15, 0.2) is 11.0 Å². The van der Waals surface area contributed by atoms with Crippen LogP contribution in [0.3, 0.4) is 0 Å². The summed E-state index contributed by atoms with van der Waals surface area (Å²) in [7, 11) is 1.64. The molecule has 1 atom stereocenters. The van der Waals surface area contributed by atoms with Crippen molar-refractivity contribution in [2.75, 3.05) is 12.9 Å². The zero-order chi connectivity index (χ0) is 18.4. The van der Waals surface area contributed by atoms with Crippen LogP contribution in [-0.2, 0) is 11.3 Å². The first-order chi connectivity index (χ1) is 12.0. The van der Waals surface area contributed by atoms with E-state index < -0.39 is 0 Å². The first-order valence-corrected chi connectivity index (χ1v) is 9.44. The van der Waals surface area contributed by atoms with Gasteiger partial charge in [-0.05, 0) is 44.0 Å². The van der Waals surface area contributed by atoms with E-state index in [2.05, 4.69) is 29.4 Å². The lowest BCUT2D eigenvalue weighted by atomic mass is 10.1. The van der Waals surface area contributed by atoms with Gasteiger partial charge in [0.2, 0.25) is 5.91 Å². The number of hydrogen-bond acceptors (Lipinski definition) is 5. The molecule has 1 amide bonds. The number of amides is 1. The summed E-state index contributed by atoms with van der Waals surface area (Å²) in [5, 5.41) is 12.3. The molecule has 1 heterocycles. The van der Waals surface area contributed by atoms with Gasteiger partial charge in [0.05, 0.1) is 12.9 Å². The number of carbonyl (C=O) groups excluding carboxylic acids is 1. The molecular weight excluding hydrogens is 336 g/mol.